The highest BCUT2D eigenvalue weighted by Gasteiger charge is 2.45. The molecule has 3 N–H and O–H groups in total. The molecule has 1 aliphatic carbocycles. The largest absolute Gasteiger partial charge is 0.494 e. The molecule has 42 heavy (non-hydrogen) atoms. The second kappa shape index (κ2) is 12.8. The van der Waals surface area contributed by atoms with E-state index in [1.165, 1.54) is 7.11 Å². The predicted molar refractivity (Wildman–Crippen MR) is 157 cm³/mol. The molecule has 2 saturated heterocycles. The number of benzene rings is 2. The molecule has 10 heteroatoms. The van der Waals surface area contributed by atoms with E-state index in [4.69, 9.17) is 14.6 Å². The van der Waals surface area contributed by atoms with Crippen molar-refractivity contribution in [1.29, 1.82) is 0 Å². The van der Waals surface area contributed by atoms with Crippen LogP contribution in [-0.2, 0) is 16.1 Å². The molecule has 10 nitrogen and oxygen atoms in total. The normalized spacial score (nSPS) is 19.1. The van der Waals surface area contributed by atoms with E-state index in [0.717, 1.165) is 67.9 Å². The molecule has 1 spiro atoms. The SMILES string of the molecule is CCOc1cc(C(=O)OC)c(C2CC2)cc1CN1CCC2(CC1)CC(=O)N(c1ccc(C(=O)NC[C@H](O)CO)cc1)C2. The number of carbonyl (C=O) groups excluding carboxylic acids is 3. The first-order valence-corrected chi connectivity index (χ1v) is 14.8. The zero-order valence-electron chi connectivity index (χ0n) is 24.4. The van der Waals surface area contributed by atoms with E-state index in [1.54, 1.807) is 24.3 Å². The van der Waals surface area contributed by atoms with E-state index in [1.807, 2.05) is 17.9 Å². The maximum absolute atomic E-state index is 13.1. The van der Waals surface area contributed by atoms with Crippen LogP contribution in [0.5, 0.6) is 5.75 Å². The lowest BCUT2D eigenvalue weighted by molar-refractivity contribution is -0.118. The smallest absolute Gasteiger partial charge is 0.338 e. The average molecular weight is 580 g/mol. The number of ether oxygens (including phenoxy) is 2. The minimum atomic E-state index is -1.00. The lowest BCUT2D eigenvalue weighted by Crippen LogP contribution is -2.41. The molecule has 0 aromatic heterocycles. The second-order valence-electron chi connectivity index (χ2n) is 11.8. The third kappa shape index (κ3) is 6.61. The fraction of sp³-hybridized carbons (Fsp3) is 0.531. The quantitative estimate of drug-likeness (QED) is 0.347. The summed E-state index contributed by atoms with van der Waals surface area (Å²) in [5.41, 5.74) is 3.85. The van der Waals surface area contributed by atoms with Crippen LogP contribution in [0.25, 0.3) is 0 Å². The predicted octanol–water partition coefficient (Wildman–Crippen LogP) is 2.85. The van der Waals surface area contributed by atoms with Gasteiger partial charge in [0, 0.05) is 42.9 Å². The first kappa shape index (κ1) is 30.0. The Bertz CT molecular complexity index is 1300. The van der Waals surface area contributed by atoms with Gasteiger partial charge in [0.05, 0.1) is 32.0 Å². The fourth-order valence-electron chi connectivity index (χ4n) is 6.14. The Hall–Kier alpha value is -3.47. The first-order valence-electron chi connectivity index (χ1n) is 14.8. The minimum Gasteiger partial charge on any atom is -0.494 e. The van der Waals surface area contributed by atoms with Crippen molar-refractivity contribution >= 4 is 23.5 Å². The number of amides is 2. The van der Waals surface area contributed by atoms with Crippen LogP contribution < -0.4 is 15.0 Å². The maximum atomic E-state index is 13.1. The van der Waals surface area contributed by atoms with Crippen LogP contribution in [0.15, 0.2) is 36.4 Å². The summed E-state index contributed by atoms with van der Waals surface area (Å²) in [5.74, 6) is 0.554. The van der Waals surface area contributed by atoms with Gasteiger partial charge in [-0.2, -0.15) is 0 Å². The van der Waals surface area contributed by atoms with Crippen LogP contribution in [-0.4, -0.2) is 85.5 Å². The van der Waals surface area contributed by atoms with Crippen molar-refractivity contribution in [2.24, 2.45) is 5.41 Å². The van der Waals surface area contributed by atoms with Crippen LogP contribution in [0.3, 0.4) is 0 Å². The Labute approximate surface area is 246 Å². The average Bonchev–Trinajstić information content (AvgIpc) is 3.80. The van der Waals surface area contributed by atoms with Gasteiger partial charge in [0.15, 0.2) is 0 Å². The molecule has 2 aromatic carbocycles. The molecule has 1 atom stereocenters. The number of methoxy groups -OCH3 is 1. The lowest BCUT2D eigenvalue weighted by Gasteiger charge is -2.39. The van der Waals surface area contributed by atoms with Crippen LogP contribution >= 0.6 is 0 Å². The topological polar surface area (TPSA) is 129 Å². The number of nitrogens with zero attached hydrogens (tertiary/aromatic N) is 2. The third-order valence-corrected chi connectivity index (χ3v) is 8.74. The summed E-state index contributed by atoms with van der Waals surface area (Å²) in [6, 6.07) is 10.9. The molecule has 2 heterocycles. The van der Waals surface area contributed by atoms with Gasteiger partial charge in [0.25, 0.3) is 5.91 Å². The standard InChI is InChI=1S/C32H41N3O7/c1-3-42-28-15-27(31(40)41-2)26(21-4-5-21)14-23(28)18-34-12-10-32(11-13-34)16-29(38)35(20-32)24-8-6-22(7-9-24)30(39)33-17-25(37)19-36/h6-9,14-15,21,25,36-37H,3-5,10-13,16-20H2,1-2H3,(H,33,39)/t25-/m0/s1. The highest BCUT2D eigenvalue weighted by Crippen LogP contribution is 2.45. The molecule has 2 aliphatic heterocycles. The number of rotatable bonds is 11. The van der Waals surface area contributed by atoms with Crippen molar-refractivity contribution in [2.75, 3.05) is 51.4 Å². The summed E-state index contributed by atoms with van der Waals surface area (Å²) in [5, 5.41) is 21.0. The summed E-state index contributed by atoms with van der Waals surface area (Å²) >= 11 is 0. The number of nitrogens with one attached hydrogen (secondary N) is 1. The Morgan fingerprint density at radius 1 is 1.14 bits per heavy atom. The Morgan fingerprint density at radius 3 is 2.48 bits per heavy atom. The molecule has 0 radical (unpaired) electrons. The molecule has 3 fully saturated rings. The highest BCUT2D eigenvalue weighted by molar-refractivity contribution is 5.98. The Kier molecular flexibility index (Phi) is 9.15. The van der Waals surface area contributed by atoms with Gasteiger partial charge in [-0.15, -0.1) is 0 Å². The summed E-state index contributed by atoms with van der Waals surface area (Å²) in [6.07, 6.45) is 3.48. The molecule has 5 rings (SSSR count). The van der Waals surface area contributed by atoms with E-state index in [9.17, 15) is 19.5 Å². The number of likely N-dealkylation sites (tertiary alicyclic amines) is 1. The maximum Gasteiger partial charge on any atom is 0.338 e. The second-order valence-corrected chi connectivity index (χ2v) is 11.8. The van der Waals surface area contributed by atoms with Gasteiger partial charge in [-0.05, 0) is 99.0 Å². The van der Waals surface area contributed by atoms with Gasteiger partial charge >= 0.3 is 5.97 Å². The van der Waals surface area contributed by atoms with Crippen LogP contribution in [0, 0.1) is 5.41 Å². The molecule has 2 amide bonds. The monoisotopic (exact) mass is 579 g/mol. The fourth-order valence-corrected chi connectivity index (χ4v) is 6.14. The summed E-state index contributed by atoms with van der Waals surface area (Å²) < 4.78 is 11.0. The molecule has 0 unspecified atom stereocenters. The number of hydrogen-bond donors (Lipinski definition) is 3. The molecule has 2 aromatic rings. The van der Waals surface area contributed by atoms with E-state index < -0.39 is 12.7 Å². The summed E-state index contributed by atoms with van der Waals surface area (Å²) in [4.78, 5) is 42.1. The number of aliphatic hydroxyl groups is 2. The number of anilines is 1. The van der Waals surface area contributed by atoms with Crippen molar-refractivity contribution in [1.82, 2.24) is 10.2 Å². The van der Waals surface area contributed by atoms with Crippen LogP contribution in [0.4, 0.5) is 5.69 Å². The van der Waals surface area contributed by atoms with Gasteiger partial charge in [0.2, 0.25) is 5.91 Å². The number of aliphatic hydroxyl groups excluding tert-OH is 2. The molecule has 0 bridgehead atoms. The van der Waals surface area contributed by atoms with Gasteiger partial charge in [-0.25, -0.2) is 4.79 Å². The number of piperidine rings is 1. The van der Waals surface area contributed by atoms with Crippen LogP contribution in [0.2, 0.25) is 0 Å². The first-order chi connectivity index (χ1) is 20.3. The zero-order valence-corrected chi connectivity index (χ0v) is 24.4. The number of hydrogen-bond acceptors (Lipinski definition) is 8. The summed E-state index contributed by atoms with van der Waals surface area (Å²) in [6.45, 7) is 5.10. The van der Waals surface area contributed by atoms with Crippen molar-refractivity contribution < 1.29 is 34.1 Å². The van der Waals surface area contributed by atoms with Crippen LogP contribution in [0.1, 0.15) is 76.8 Å². The van der Waals surface area contributed by atoms with Crippen molar-refractivity contribution in [3.05, 3.63) is 58.7 Å². The summed E-state index contributed by atoms with van der Waals surface area (Å²) in [7, 11) is 1.41. The van der Waals surface area contributed by atoms with E-state index in [-0.39, 0.29) is 29.7 Å². The van der Waals surface area contributed by atoms with Crippen molar-refractivity contribution in [2.45, 2.75) is 57.6 Å². The number of esters is 1. The highest BCUT2D eigenvalue weighted by atomic mass is 16.5. The molecular formula is C32H41N3O7. The van der Waals surface area contributed by atoms with Gasteiger partial charge < -0.3 is 29.9 Å². The third-order valence-electron chi connectivity index (χ3n) is 8.74. The van der Waals surface area contributed by atoms with E-state index in [2.05, 4.69) is 16.3 Å². The lowest BCUT2D eigenvalue weighted by atomic mass is 9.77. The van der Waals surface area contributed by atoms with Crippen molar-refractivity contribution in [3.63, 3.8) is 0 Å². The molecular weight excluding hydrogens is 538 g/mol. The number of carbonyl (C=O) groups is 3. The van der Waals surface area contributed by atoms with Gasteiger partial charge in [-0.3, -0.25) is 14.5 Å². The van der Waals surface area contributed by atoms with E-state index in [0.29, 0.717) is 36.6 Å². The van der Waals surface area contributed by atoms with Crippen molar-refractivity contribution in [3.8, 4) is 5.75 Å². The Balaban J connectivity index is 1.21. The zero-order chi connectivity index (χ0) is 29.9. The van der Waals surface area contributed by atoms with E-state index >= 15 is 0 Å². The molecule has 3 aliphatic rings. The van der Waals surface area contributed by atoms with Gasteiger partial charge in [-0.1, -0.05) is 0 Å². The van der Waals surface area contributed by atoms with Gasteiger partial charge in [0.1, 0.15) is 5.75 Å². The molecule has 226 valence electrons. The Morgan fingerprint density at radius 2 is 1.86 bits per heavy atom. The minimum absolute atomic E-state index is 0.0331. The molecule has 1 saturated carbocycles.